The van der Waals surface area contributed by atoms with Crippen LogP contribution in [-0.2, 0) is 15.2 Å². The molecule has 3 fully saturated rings. The van der Waals surface area contributed by atoms with E-state index < -0.39 is 5.79 Å². The van der Waals surface area contributed by atoms with E-state index in [0.29, 0.717) is 29.3 Å². The molecule has 1 spiro atoms. The van der Waals surface area contributed by atoms with Crippen LogP contribution in [0.2, 0.25) is 5.15 Å². The average Bonchev–Trinajstić information content (AvgIpc) is 3.48. The van der Waals surface area contributed by atoms with Crippen molar-refractivity contribution in [3.63, 3.8) is 0 Å². The molecule has 0 N–H and O–H groups in total. The van der Waals surface area contributed by atoms with Gasteiger partial charge in [0.1, 0.15) is 11.0 Å². The molecular weight excluding hydrogens is 570 g/mol. The number of aromatic nitrogens is 2. The summed E-state index contributed by atoms with van der Waals surface area (Å²) in [5, 5.41) is 1.08. The molecule has 220 valence electrons. The Balaban J connectivity index is 0.972. The summed E-state index contributed by atoms with van der Waals surface area (Å²) in [7, 11) is 0. The first-order chi connectivity index (χ1) is 20.6. The van der Waals surface area contributed by atoms with Gasteiger partial charge in [0, 0.05) is 76.0 Å². The second-order valence-electron chi connectivity index (χ2n) is 10.8. The number of hydrogen-bond donors (Lipinski definition) is 0. The topological polar surface area (TPSA) is 71.0 Å². The predicted octanol–water partition coefficient (Wildman–Crippen LogP) is 5.24. The SMILES string of the molecule is O=C(c1ccc(CSc2nc(Cl)cc(N3CCC4(CC3)OCCO4)n2)cc1)N1CCN(C/C=C/c2ccccc2)CC1. The third-order valence-electron chi connectivity index (χ3n) is 8.03. The number of benzene rings is 2. The number of thioether (sulfide) groups is 1. The number of halogens is 1. The quantitative estimate of drug-likeness (QED) is 0.196. The summed E-state index contributed by atoms with van der Waals surface area (Å²) in [6, 6.07) is 20.0. The van der Waals surface area contributed by atoms with E-state index in [9.17, 15) is 4.79 Å². The zero-order chi connectivity index (χ0) is 28.8. The fourth-order valence-corrected chi connectivity index (χ4v) is 6.62. The van der Waals surface area contributed by atoms with Crippen LogP contribution in [-0.4, -0.2) is 90.5 Å². The largest absolute Gasteiger partial charge is 0.356 e. The van der Waals surface area contributed by atoms with Gasteiger partial charge in [0.05, 0.1) is 13.2 Å². The minimum Gasteiger partial charge on any atom is -0.356 e. The van der Waals surface area contributed by atoms with E-state index in [0.717, 1.165) is 75.6 Å². The second-order valence-corrected chi connectivity index (χ2v) is 12.1. The number of piperidine rings is 1. The molecule has 3 aliphatic heterocycles. The summed E-state index contributed by atoms with van der Waals surface area (Å²) < 4.78 is 11.7. The van der Waals surface area contributed by atoms with E-state index in [1.807, 2.05) is 53.4 Å². The van der Waals surface area contributed by atoms with Crippen LogP contribution in [0.25, 0.3) is 6.08 Å². The van der Waals surface area contributed by atoms with Gasteiger partial charge in [-0.25, -0.2) is 9.97 Å². The van der Waals surface area contributed by atoms with Crippen molar-refractivity contribution >= 4 is 41.2 Å². The standard InChI is InChI=1S/C32H36ClN5O3S/c33-28-23-29(37-15-12-32(13-16-37)40-21-22-41-32)35-31(34-28)42-24-26-8-10-27(11-9-26)30(39)38-19-17-36(18-20-38)14-4-7-25-5-2-1-3-6-25/h1-11,23H,12-22,24H2/b7-4+. The third kappa shape index (κ3) is 7.33. The van der Waals surface area contributed by atoms with Crippen LogP contribution in [0.15, 0.2) is 71.9 Å². The maximum absolute atomic E-state index is 13.1. The van der Waals surface area contributed by atoms with E-state index >= 15 is 0 Å². The lowest BCUT2D eigenvalue weighted by atomic mass is 10.0. The molecule has 0 aliphatic carbocycles. The summed E-state index contributed by atoms with van der Waals surface area (Å²) in [6.07, 6.45) is 5.97. The van der Waals surface area contributed by atoms with Crippen LogP contribution in [0.3, 0.4) is 0 Å². The number of hydrogen-bond acceptors (Lipinski definition) is 8. The van der Waals surface area contributed by atoms with Gasteiger partial charge in [-0.15, -0.1) is 0 Å². The van der Waals surface area contributed by atoms with E-state index in [4.69, 9.17) is 26.1 Å². The van der Waals surface area contributed by atoms with Crippen molar-refractivity contribution < 1.29 is 14.3 Å². The number of amides is 1. The van der Waals surface area contributed by atoms with Gasteiger partial charge < -0.3 is 19.3 Å². The van der Waals surface area contributed by atoms with Crippen LogP contribution < -0.4 is 4.90 Å². The maximum Gasteiger partial charge on any atom is 0.253 e. The minimum atomic E-state index is -0.424. The highest BCUT2D eigenvalue weighted by Crippen LogP contribution is 2.34. The Labute approximate surface area is 256 Å². The zero-order valence-electron chi connectivity index (χ0n) is 23.7. The van der Waals surface area contributed by atoms with Crippen molar-refractivity contribution in [1.29, 1.82) is 0 Å². The van der Waals surface area contributed by atoms with Crippen molar-refractivity contribution in [2.75, 3.05) is 63.9 Å². The number of nitrogens with zero attached hydrogens (tertiary/aromatic N) is 5. The average molecular weight is 606 g/mol. The highest BCUT2D eigenvalue weighted by Gasteiger charge is 2.40. The number of rotatable bonds is 8. The lowest BCUT2D eigenvalue weighted by Crippen LogP contribution is -2.48. The molecule has 0 atom stereocenters. The highest BCUT2D eigenvalue weighted by atomic mass is 35.5. The smallest absolute Gasteiger partial charge is 0.253 e. The van der Waals surface area contributed by atoms with Gasteiger partial charge in [-0.05, 0) is 23.3 Å². The molecule has 2 aromatic carbocycles. The van der Waals surface area contributed by atoms with Gasteiger partial charge in [0.25, 0.3) is 5.91 Å². The first kappa shape index (κ1) is 29.1. The van der Waals surface area contributed by atoms with Gasteiger partial charge in [-0.3, -0.25) is 9.69 Å². The van der Waals surface area contributed by atoms with Gasteiger partial charge in [-0.2, -0.15) is 0 Å². The zero-order valence-corrected chi connectivity index (χ0v) is 25.2. The Morgan fingerprint density at radius 2 is 1.64 bits per heavy atom. The molecule has 3 saturated heterocycles. The minimum absolute atomic E-state index is 0.0909. The molecule has 0 bridgehead atoms. The van der Waals surface area contributed by atoms with E-state index in [1.54, 1.807) is 11.8 Å². The highest BCUT2D eigenvalue weighted by molar-refractivity contribution is 7.98. The van der Waals surface area contributed by atoms with Crippen LogP contribution in [0.4, 0.5) is 5.82 Å². The summed E-state index contributed by atoms with van der Waals surface area (Å²) in [5.74, 6) is 1.19. The van der Waals surface area contributed by atoms with E-state index in [2.05, 4.69) is 39.1 Å². The summed E-state index contributed by atoms with van der Waals surface area (Å²) in [6.45, 7) is 7.05. The molecule has 1 amide bonds. The molecule has 42 heavy (non-hydrogen) atoms. The number of piperazine rings is 1. The van der Waals surface area contributed by atoms with Crippen molar-refractivity contribution in [2.45, 2.75) is 29.5 Å². The summed E-state index contributed by atoms with van der Waals surface area (Å²) in [4.78, 5) is 28.9. The Bertz CT molecular complexity index is 1370. The Hall–Kier alpha value is -2.95. The lowest BCUT2D eigenvalue weighted by molar-refractivity contribution is -0.169. The summed E-state index contributed by atoms with van der Waals surface area (Å²) in [5.41, 5.74) is 3.03. The van der Waals surface area contributed by atoms with E-state index in [1.165, 1.54) is 5.56 Å². The molecule has 0 saturated carbocycles. The molecule has 6 rings (SSSR count). The third-order valence-corrected chi connectivity index (χ3v) is 9.14. The Morgan fingerprint density at radius 1 is 0.929 bits per heavy atom. The second kappa shape index (κ2) is 13.6. The van der Waals surface area contributed by atoms with Crippen LogP contribution >= 0.6 is 23.4 Å². The first-order valence-electron chi connectivity index (χ1n) is 14.6. The van der Waals surface area contributed by atoms with Gasteiger partial charge in [-0.1, -0.05) is 78.0 Å². The lowest BCUT2D eigenvalue weighted by Gasteiger charge is -2.38. The first-order valence-corrected chi connectivity index (χ1v) is 15.9. The number of ether oxygens (including phenoxy) is 2. The van der Waals surface area contributed by atoms with E-state index in [-0.39, 0.29) is 5.91 Å². The van der Waals surface area contributed by atoms with Crippen molar-refractivity contribution in [3.8, 4) is 0 Å². The van der Waals surface area contributed by atoms with Crippen molar-refractivity contribution in [2.24, 2.45) is 0 Å². The number of carbonyl (C=O) groups excluding carboxylic acids is 1. The monoisotopic (exact) mass is 605 g/mol. The molecule has 1 aromatic heterocycles. The molecule has 4 heterocycles. The molecule has 3 aromatic rings. The van der Waals surface area contributed by atoms with Crippen molar-refractivity contribution in [3.05, 3.63) is 88.6 Å². The van der Waals surface area contributed by atoms with Crippen molar-refractivity contribution in [1.82, 2.24) is 19.8 Å². The molecule has 8 nitrogen and oxygen atoms in total. The molecule has 0 radical (unpaired) electrons. The fraction of sp³-hybridized carbons (Fsp3) is 0.406. The molecule has 10 heteroatoms. The Kier molecular flexibility index (Phi) is 9.41. The van der Waals surface area contributed by atoms with Crippen LogP contribution in [0.5, 0.6) is 0 Å². The molecule has 3 aliphatic rings. The van der Waals surface area contributed by atoms with Crippen LogP contribution in [0, 0.1) is 0 Å². The summed E-state index contributed by atoms with van der Waals surface area (Å²) >= 11 is 7.91. The van der Waals surface area contributed by atoms with Gasteiger partial charge in [0.2, 0.25) is 0 Å². The normalized spacial score (nSPS) is 19.2. The predicted molar refractivity (Wildman–Crippen MR) is 167 cm³/mol. The number of anilines is 1. The Morgan fingerprint density at radius 3 is 2.36 bits per heavy atom. The van der Waals surface area contributed by atoms with Gasteiger partial charge >= 0.3 is 0 Å². The van der Waals surface area contributed by atoms with Gasteiger partial charge in [0.15, 0.2) is 10.9 Å². The van der Waals surface area contributed by atoms with Crippen LogP contribution in [0.1, 0.15) is 34.3 Å². The number of carbonyl (C=O) groups is 1. The molecular formula is C32H36ClN5O3S. The molecule has 0 unspecified atom stereocenters. The fourth-order valence-electron chi connectivity index (χ4n) is 5.58. The maximum atomic E-state index is 13.1.